The molecule has 0 aromatic heterocycles. The molecule has 1 aromatic rings. The van der Waals surface area contributed by atoms with Crippen molar-refractivity contribution in [3.63, 3.8) is 0 Å². The molecule has 1 atom stereocenters. The minimum Gasteiger partial charge on any atom is -0.352 e. The highest BCUT2D eigenvalue weighted by atomic mass is 32.2. The van der Waals surface area contributed by atoms with Crippen LogP contribution in [0.15, 0.2) is 24.3 Å². The molecule has 0 spiro atoms. The highest BCUT2D eigenvalue weighted by Gasteiger charge is 2.28. The Kier molecular flexibility index (Phi) is 4.49. The predicted molar refractivity (Wildman–Crippen MR) is 85.2 cm³/mol. The van der Waals surface area contributed by atoms with Crippen molar-refractivity contribution in [2.45, 2.75) is 31.8 Å². The summed E-state index contributed by atoms with van der Waals surface area (Å²) in [5.41, 5.74) is 2.75. The topological polar surface area (TPSA) is 66.5 Å². The molecule has 22 heavy (non-hydrogen) atoms. The summed E-state index contributed by atoms with van der Waals surface area (Å²) in [6.45, 7) is 2.59. The number of benzene rings is 1. The summed E-state index contributed by atoms with van der Waals surface area (Å²) >= 11 is 0. The maximum atomic E-state index is 12.0. The summed E-state index contributed by atoms with van der Waals surface area (Å²) in [6, 6.07) is 8.23. The number of carbonyl (C=O) groups is 1. The molecule has 6 heteroatoms. The van der Waals surface area contributed by atoms with Crippen LogP contribution < -0.4 is 5.32 Å². The standard InChI is InChI=1S/C16H22N2O3S/c19-16(17-15-7-10-22(20,21)12-15)6-9-18-8-5-13-3-1-2-4-14(13)11-18/h1-4,15H,5-12H2,(H,17,19). The van der Waals surface area contributed by atoms with Gasteiger partial charge in [-0.05, 0) is 24.0 Å². The predicted octanol–water partition coefficient (Wildman–Crippen LogP) is 0.738. The number of rotatable bonds is 4. The Morgan fingerprint density at radius 1 is 1.27 bits per heavy atom. The Bertz CT molecular complexity index is 657. The summed E-state index contributed by atoms with van der Waals surface area (Å²) in [6.07, 6.45) is 2.00. The zero-order valence-electron chi connectivity index (χ0n) is 12.6. The molecule has 120 valence electrons. The van der Waals surface area contributed by atoms with E-state index in [1.807, 2.05) is 0 Å². The Labute approximate surface area is 131 Å². The summed E-state index contributed by atoms with van der Waals surface area (Å²) in [5.74, 6) is 0.248. The molecule has 5 nitrogen and oxygen atoms in total. The fraction of sp³-hybridized carbons (Fsp3) is 0.562. The van der Waals surface area contributed by atoms with E-state index in [4.69, 9.17) is 0 Å². The number of sulfone groups is 1. The number of fused-ring (bicyclic) bond motifs is 1. The Hall–Kier alpha value is -1.40. The lowest BCUT2D eigenvalue weighted by atomic mass is 10.00. The van der Waals surface area contributed by atoms with Crippen LogP contribution in [-0.2, 0) is 27.6 Å². The minimum absolute atomic E-state index is 0.0408. The van der Waals surface area contributed by atoms with Gasteiger partial charge in [-0.25, -0.2) is 8.42 Å². The summed E-state index contributed by atoms with van der Waals surface area (Å²) in [7, 11) is -2.94. The van der Waals surface area contributed by atoms with Crippen molar-refractivity contribution in [2.24, 2.45) is 0 Å². The van der Waals surface area contributed by atoms with E-state index >= 15 is 0 Å². The van der Waals surface area contributed by atoms with Crippen LogP contribution >= 0.6 is 0 Å². The Morgan fingerprint density at radius 2 is 2.05 bits per heavy atom. The second kappa shape index (κ2) is 6.38. The van der Waals surface area contributed by atoms with Crippen LogP contribution in [0.5, 0.6) is 0 Å². The van der Waals surface area contributed by atoms with Crippen molar-refractivity contribution >= 4 is 15.7 Å². The van der Waals surface area contributed by atoms with Gasteiger partial charge in [-0.15, -0.1) is 0 Å². The number of hydrogen-bond donors (Lipinski definition) is 1. The molecular formula is C16H22N2O3S. The van der Waals surface area contributed by atoms with Gasteiger partial charge in [0.1, 0.15) is 0 Å². The van der Waals surface area contributed by atoms with Gasteiger partial charge in [-0.1, -0.05) is 24.3 Å². The van der Waals surface area contributed by atoms with E-state index in [1.165, 1.54) is 11.1 Å². The lowest BCUT2D eigenvalue weighted by Crippen LogP contribution is -2.38. The van der Waals surface area contributed by atoms with Crippen LogP contribution in [-0.4, -0.2) is 49.9 Å². The Balaban J connectivity index is 1.44. The number of amides is 1. The van der Waals surface area contributed by atoms with Crippen LogP contribution in [0, 0.1) is 0 Å². The zero-order chi connectivity index (χ0) is 15.6. The van der Waals surface area contributed by atoms with Crippen LogP contribution in [0.2, 0.25) is 0 Å². The van der Waals surface area contributed by atoms with Crippen molar-refractivity contribution < 1.29 is 13.2 Å². The van der Waals surface area contributed by atoms with Gasteiger partial charge >= 0.3 is 0 Å². The molecule has 1 amide bonds. The summed E-state index contributed by atoms with van der Waals surface area (Å²) < 4.78 is 22.8. The largest absolute Gasteiger partial charge is 0.352 e. The third-order valence-corrected chi connectivity index (χ3v) is 6.23. The fourth-order valence-electron chi connectivity index (χ4n) is 3.21. The van der Waals surface area contributed by atoms with Crippen molar-refractivity contribution in [3.8, 4) is 0 Å². The SMILES string of the molecule is O=C(CCN1CCc2ccccc2C1)NC1CCS(=O)(=O)C1. The highest BCUT2D eigenvalue weighted by molar-refractivity contribution is 7.91. The van der Waals surface area contributed by atoms with E-state index in [2.05, 4.69) is 34.5 Å². The minimum atomic E-state index is -2.94. The van der Waals surface area contributed by atoms with Gasteiger partial charge in [-0.3, -0.25) is 9.69 Å². The number of hydrogen-bond acceptors (Lipinski definition) is 4. The molecule has 3 rings (SSSR count). The van der Waals surface area contributed by atoms with Gasteiger partial charge in [-0.2, -0.15) is 0 Å². The molecule has 1 unspecified atom stereocenters. The average molecular weight is 322 g/mol. The lowest BCUT2D eigenvalue weighted by molar-refractivity contribution is -0.122. The van der Waals surface area contributed by atoms with Crippen LogP contribution in [0.3, 0.4) is 0 Å². The molecule has 2 aliphatic heterocycles. The fourth-order valence-corrected chi connectivity index (χ4v) is 4.89. The van der Waals surface area contributed by atoms with E-state index in [1.54, 1.807) is 0 Å². The molecule has 0 radical (unpaired) electrons. The summed E-state index contributed by atoms with van der Waals surface area (Å²) in [4.78, 5) is 14.3. The zero-order valence-corrected chi connectivity index (χ0v) is 13.4. The summed E-state index contributed by atoms with van der Waals surface area (Å²) in [5, 5.41) is 2.85. The second-order valence-corrected chi connectivity index (χ2v) is 8.44. The number of nitrogens with one attached hydrogen (secondary N) is 1. The van der Waals surface area contributed by atoms with Gasteiger partial charge in [0, 0.05) is 32.1 Å². The molecule has 1 N–H and O–H groups in total. The normalized spacial score (nSPS) is 23.9. The van der Waals surface area contributed by atoms with Crippen LogP contribution in [0.1, 0.15) is 24.0 Å². The molecule has 0 bridgehead atoms. The molecule has 1 aromatic carbocycles. The quantitative estimate of drug-likeness (QED) is 0.888. The van der Waals surface area contributed by atoms with Gasteiger partial charge in [0.05, 0.1) is 11.5 Å². The van der Waals surface area contributed by atoms with E-state index in [0.29, 0.717) is 12.8 Å². The van der Waals surface area contributed by atoms with Crippen molar-refractivity contribution in [1.82, 2.24) is 10.2 Å². The number of carbonyl (C=O) groups excluding carboxylic acids is 1. The lowest BCUT2D eigenvalue weighted by Gasteiger charge is -2.28. The molecule has 1 fully saturated rings. The van der Waals surface area contributed by atoms with Gasteiger partial charge in [0.25, 0.3) is 0 Å². The van der Waals surface area contributed by atoms with Gasteiger partial charge in [0.2, 0.25) is 5.91 Å². The third kappa shape index (κ3) is 3.87. The van der Waals surface area contributed by atoms with Gasteiger partial charge < -0.3 is 5.32 Å². The van der Waals surface area contributed by atoms with E-state index < -0.39 is 9.84 Å². The first-order valence-electron chi connectivity index (χ1n) is 7.81. The molecule has 2 heterocycles. The van der Waals surface area contributed by atoms with Crippen molar-refractivity contribution in [2.75, 3.05) is 24.6 Å². The second-order valence-electron chi connectivity index (χ2n) is 6.21. The first-order chi connectivity index (χ1) is 10.5. The first-order valence-corrected chi connectivity index (χ1v) is 9.63. The maximum Gasteiger partial charge on any atom is 0.221 e. The average Bonchev–Trinajstić information content (AvgIpc) is 2.84. The molecule has 1 saturated heterocycles. The maximum absolute atomic E-state index is 12.0. The van der Waals surface area contributed by atoms with Gasteiger partial charge in [0.15, 0.2) is 9.84 Å². The monoisotopic (exact) mass is 322 g/mol. The molecule has 2 aliphatic rings. The van der Waals surface area contributed by atoms with Crippen LogP contribution in [0.4, 0.5) is 0 Å². The van der Waals surface area contributed by atoms with Crippen LogP contribution in [0.25, 0.3) is 0 Å². The highest BCUT2D eigenvalue weighted by Crippen LogP contribution is 2.18. The Morgan fingerprint density at radius 3 is 2.77 bits per heavy atom. The van der Waals surface area contributed by atoms with E-state index in [-0.39, 0.29) is 23.5 Å². The van der Waals surface area contributed by atoms with Crippen molar-refractivity contribution in [3.05, 3.63) is 35.4 Å². The van der Waals surface area contributed by atoms with E-state index in [9.17, 15) is 13.2 Å². The molecule has 0 saturated carbocycles. The number of nitrogens with zero attached hydrogens (tertiary/aromatic N) is 1. The molecular weight excluding hydrogens is 300 g/mol. The van der Waals surface area contributed by atoms with Crippen molar-refractivity contribution in [1.29, 1.82) is 0 Å². The smallest absolute Gasteiger partial charge is 0.221 e. The first kappa shape index (κ1) is 15.5. The molecule has 0 aliphatic carbocycles. The third-order valence-electron chi connectivity index (χ3n) is 4.46. The van der Waals surface area contributed by atoms with E-state index in [0.717, 1.165) is 26.1 Å².